The molecule has 5 nitrogen and oxygen atoms in total. The molecule has 0 aliphatic rings. The highest BCUT2D eigenvalue weighted by Crippen LogP contribution is 2.22. The lowest BCUT2D eigenvalue weighted by Crippen LogP contribution is -2.40. The zero-order chi connectivity index (χ0) is 17.0. The second kappa shape index (κ2) is 11.0. The lowest BCUT2D eigenvalue weighted by molar-refractivity contribution is 0.0733. The van der Waals surface area contributed by atoms with Crippen molar-refractivity contribution >= 4 is 5.96 Å². The molecular formula is C18H31N3O2. The molecule has 0 spiro atoms. The van der Waals surface area contributed by atoms with Gasteiger partial charge < -0.3 is 20.1 Å². The van der Waals surface area contributed by atoms with Crippen LogP contribution in [0.2, 0.25) is 0 Å². The van der Waals surface area contributed by atoms with E-state index in [1.54, 1.807) is 7.11 Å². The molecule has 1 aromatic rings. The molecule has 0 bridgehead atoms. The third-order valence-corrected chi connectivity index (χ3v) is 3.50. The van der Waals surface area contributed by atoms with Gasteiger partial charge in [0.25, 0.3) is 0 Å². The minimum Gasteiger partial charge on any atom is -0.382 e. The molecule has 0 amide bonds. The van der Waals surface area contributed by atoms with Crippen molar-refractivity contribution < 1.29 is 9.47 Å². The Hall–Kier alpha value is -1.59. The van der Waals surface area contributed by atoms with Crippen molar-refractivity contribution in [2.24, 2.45) is 4.99 Å². The summed E-state index contributed by atoms with van der Waals surface area (Å²) in [5.41, 5.74) is 1.29. The summed E-state index contributed by atoms with van der Waals surface area (Å²) in [6.07, 6.45) is 0. The van der Waals surface area contributed by atoms with Gasteiger partial charge in [0.15, 0.2) is 5.96 Å². The van der Waals surface area contributed by atoms with Crippen LogP contribution in [0.4, 0.5) is 0 Å². The number of hydrogen-bond donors (Lipinski definition) is 2. The van der Waals surface area contributed by atoms with Crippen LogP contribution in [0.1, 0.15) is 26.3 Å². The first kappa shape index (κ1) is 19.5. The van der Waals surface area contributed by atoms with Gasteiger partial charge in [0.1, 0.15) is 0 Å². The molecule has 23 heavy (non-hydrogen) atoms. The zero-order valence-electron chi connectivity index (χ0n) is 14.9. The maximum absolute atomic E-state index is 5.45. The van der Waals surface area contributed by atoms with Gasteiger partial charge in [-0.3, -0.25) is 4.99 Å². The van der Waals surface area contributed by atoms with Gasteiger partial charge in [0, 0.05) is 25.6 Å². The van der Waals surface area contributed by atoms with E-state index in [0.717, 1.165) is 25.6 Å². The van der Waals surface area contributed by atoms with Crippen LogP contribution in [0.5, 0.6) is 0 Å². The van der Waals surface area contributed by atoms with Gasteiger partial charge in [-0.05, 0) is 12.5 Å². The maximum Gasteiger partial charge on any atom is 0.191 e. The highest BCUT2D eigenvalue weighted by atomic mass is 16.5. The molecule has 2 N–H and O–H groups in total. The topological polar surface area (TPSA) is 54.9 Å². The maximum atomic E-state index is 5.45. The number of hydrogen-bond acceptors (Lipinski definition) is 3. The van der Waals surface area contributed by atoms with E-state index in [0.29, 0.717) is 19.8 Å². The van der Waals surface area contributed by atoms with Gasteiger partial charge in [-0.1, -0.05) is 44.2 Å². The highest BCUT2D eigenvalue weighted by Gasteiger charge is 2.19. The van der Waals surface area contributed by atoms with Crippen LogP contribution in [0, 0.1) is 0 Å². The van der Waals surface area contributed by atoms with Gasteiger partial charge >= 0.3 is 0 Å². The molecular weight excluding hydrogens is 290 g/mol. The summed E-state index contributed by atoms with van der Waals surface area (Å²) in [4.78, 5) is 4.71. The first-order chi connectivity index (χ1) is 11.1. The summed E-state index contributed by atoms with van der Waals surface area (Å²) < 4.78 is 10.4. The average molecular weight is 321 g/mol. The Balaban J connectivity index is 2.47. The number of nitrogens with zero attached hydrogens (tertiary/aromatic N) is 1. The average Bonchev–Trinajstić information content (AvgIpc) is 2.56. The van der Waals surface area contributed by atoms with Crippen molar-refractivity contribution in [1.29, 1.82) is 0 Å². The third-order valence-electron chi connectivity index (χ3n) is 3.50. The molecule has 0 saturated carbocycles. The fraction of sp³-hybridized carbons (Fsp3) is 0.611. The van der Waals surface area contributed by atoms with Crippen molar-refractivity contribution in [3.63, 3.8) is 0 Å². The van der Waals surface area contributed by atoms with E-state index in [-0.39, 0.29) is 5.41 Å². The molecule has 0 aliphatic heterocycles. The standard InChI is InChI=1S/C18H31N3O2/c1-5-19-17(20-11-12-23-14-13-22-4)21-15-18(2,3)16-9-7-6-8-10-16/h6-10H,5,11-15H2,1-4H3,(H2,19,20,21). The number of guanidine groups is 1. The largest absolute Gasteiger partial charge is 0.382 e. The van der Waals surface area contributed by atoms with E-state index in [4.69, 9.17) is 14.5 Å². The van der Waals surface area contributed by atoms with Crippen LogP contribution in [0.15, 0.2) is 35.3 Å². The minimum absolute atomic E-state index is 0.00141. The number of methoxy groups -OCH3 is 1. The normalized spacial score (nSPS) is 12.3. The molecule has 130 valence electrons. The van der Waals surface area contributed by atoms with Crippen molar-refractivity contribution in [1.82, 2.24) is 10.6 Å². The van der Waals surface area contributed by atoms with E-state index in [1.807, 2.05) is 6.07 Å². The summed E-state index contributed by atoms with van der Waals surface area (Å²) in [5.74, 6) is 0.826. The van der Waals surface area contributed by atoms with Crippen LogP contribution in [-0.4, -0.2) is 52.5 Å². The molecule has 0 saturated heterocycles. The second-order valence-electron chi connectivity index (χ2n) is 5.98. The van der Waals surface area contributed by atoms with E-state index in [2.05, 4.69) is 55.7 Å². The molecule has 1 rings (SSSR count). The lowest BCUT2D eigenvalue weighted by Gasteiger charge is -2.24. The van der Waals surface area contributed by atoms with Gasteiger partial charge in [-0.15, -0.1) is 0 Å². The smallest absolute Gasteiger partial charge is 0.191 e. The van der Waals surface area contributed by atoms with Crippen LogP contribution in [-0.2, 0) is 14.9 Å². The zero-order valence-corrected chi connectivity index (χ0v) is 14.9. The number of benzene rings is 1. The van der Waals surface area contributed by atoms with Crippen molar-refractivity contribution in [2.45, 2.75) is 26.2 Å². The predicted octanol–water partition coefficient (Wildman–Crippen LogP) is 2.18. The number of aliphatic imine (C=N–C) groups is 1. The van der Waals surface area contributed by atoms with Gasteiger partial charge in [-0.2, -0.15) is 0 Å². The van der Waals surface area contributed by atoms with Crippen LogP contribution >= 0.6 is 0 Å². The molecule has 1 aromatic carbocycles. The molecule has 0 atom stereocenters. The Morgan fingerprint density at radius 1 is 1.09 bits per heavy atom. The SMILES string of the molecule is CCNC(=NCC(C)(C)c1ccccc1)NCCOCCOC. The lowest BCUT2D eigenvalue weighted by atomic mass is 9.85. The minimum atomic E-state index is -0.00141. The molecule has 0 aromatic heterocycles. The fourth-order valence-electron chi connectivity index (χ4n) is 2.08. The van der Waals surface area contributed by atoms with Crippen molar-refractivity contribution in [3.05, 3.63) is 35.9 Å². The molecule has 0 radical (unpaired) electrons. The van der Waals surface area contributed by atoms with E-state index in [9.17, 15) is 0 Å². The summed E-state index contributed by atoms with van der Waals surface area (Å²) >= 11 is 0. The molecule has 5 heteroatoms. The molecule has 0 aliphatic carbocycles. The van der Waals surface area contributed by atoms with E-state index >= 15 is 0 Å². The van der Waals surface area contributed by atoms with Gasteiger partial charge in [0.2, 0.25) is 0 Å². The third kappa shape index (κ3) is 8.00. The Morgan fingerprint density at radius 2 is 1.83 bits per heavy atom. The first-order valence-electron chi connectivity index (χ1n) is 8.24. The number of nitrogens with one attached hydrogen (secondary N) is 2. The Labute approximate surface area is 140 Å². The predicted molar refractivity (Wildman–Crippen MR) is 96.1 cm³/mol. The highest BCUT2D eigenvalue weighted by molar-refractivity contribution is 5.79. The van der Waals surface area contributed by atoms with Gasteiger partial charge in [0.05, 0.1) is 26.4 Å². The Bertz CT molecular complexity index is 447. The molecule has 0 unspecified atom stereocenters. The van der Waals surface area contributed by atoms with Crippen LogP contribution in [0.3, 0.4) is 0 Å². The van der Waals surface area contributed by atoms with Crippen molar-refractivity contribution in [3.8, 4) is 0 Å². The summed E-state index contributed by atoms with van der Waals surface area (Å²) in [6.45, 7) is 10.6. The molecule has 0 heterocycles. The van der Waals surface area contributed by atoms with Crippen LogP contribution < -0.4 is 10.6 Å². The second-order valence-corrected chi connectivity index (χ2v) is 5.98. The first-order valence-corrected chi connectivity index (χ1v) is 8.24. The van der Waals surface area contributed by atoms with E-state index < -0.39 is 0 Å². The Morgan fingerprint density at radius 3 is 2.48 bits per heavy atom. The number of rotatable bonds is 10. The Kier molecular flexibility index (Phi) is 9.33. The monoisotopic (exact) mass is 321 g/mol. The van der Waals surface area contributed by atoms with E-state index in [1.165, 1.54) is 5.56 Å². The quantitative estimate of drug-likeness (QED) is 0.394. The van der Waals surface area contributed by atoms with Crippen LogP contribution in [0.25, 0.3) is 0 Å². The van der Waals surface area contributed by atoms with Crippen molar-refractivity contribution in [2.75, 3.05) is 46.6 Å². The number of ether oxygens (including phenoxy) is 2. The summed E-state index contributed by atoms with van der Waals surface area (Å²) in [7, 11) is 1.67. The molecule has 0 fully saturated rings. The van der Waals surface area contributed by atoms with Gasteiger partial charge in [-0.25, -0.2) is 0 Å². The summed E-state index contributed by atoms with van der Waals surface area (Å²) in [6, 6.07) is 10.5. The summed E-state index contributed by atoms with van der Waals surface area (Å²) in [5, 5.41) is 6.56. The fourth-order valence-corrected chi connectivity index (χ4v) is 2.08.